The Labute approximate surface area is 281 Å². The molecule has 1 fully saturated rings. The first kappa shape index (κ1) is 36.1. The number of amides is 1. The molecule has 1 amide bonds. The maximum absolute atomic E-state index is 14.0. The molecule has 0 heterocycles. The van der Waals surface area contributed by atoms with Crippen LogP contribution >= 0.6 is 11.8 Å². The molecule has 1 N–H and O–H groups in total. The van der Waals surface area contributed by atoms with E-state index in [-0.39, 0.29) is 17.1 Å². The molecule has 0 saturated heterocycles. The molecule has 47 heavy (non-hydrogen) atoms. The molecule has 4 rings (SSSR count). The average Bonchev–Trinajstić information content (AvgIpc) is 3.08. The summed E-state index contributed by atoms with van der Waals surface area (Å²) < 4.78 is 34.4. The number of nitrogens with zero attached hydrogens (tertiary/aromatic N) is 2. The standard InChI is InChI=1S/C35H43N3O7S2/c1-25-9-7-8-12-30(25)32-23-27(13-18-31(32)34(39)36-33(20-22-46-3)35(40)45-2)24-37(21-19-26-10-5-4-6-11-26)47(43,44)29-16-14-28(15-17-29)38(41)42/h7-9,12-18,23,26,33H,4-6,10-11,19-22,24H2,1-3H3,(H,36,39)/t33-/m0/s1. The number of benzene rings is 3. The van der Waals surface area contributed by atoms with Crippen molar-refractivity contribution in [3.8, 4) is 11.1 Å². The van der Waals surface area contributed by atoms with Gasteiger partial charge in [-0.3, -0.25) is 14.9 Å². The topological polar surface area (TPSA) is 136 Å². The summed E-state index contributed by atoms with van der Waals surface area (Å²) in [6.07, 6.45) is 8.64. The zero-order valence-corrected chi connectivity index (χ0v) is 28.8. The van der Waals surface area contributed by atoms with Gasteiger partial charge in [0.2, 0.25) is 10.0 Å². The van der Waals surface area contributed by atoms with Gasteiger partial charge in [-0.05, 0) is 84.2 Å². The molecule has 1 aliphatic rings. The molecule has 0 spiro atoms. The smallest absolute Gasteiger partial charge is 0.328 e. The number of carbonyl (C=O) groups is 2. The number of carbonyl (C=O) groups excluding carboxylic acids is 2. The largest absolute Gasteiger partial charge is 0.467 e. The van der Waals surface area contributed by atoms with Crippen molar-refractivity contribution in [1.82, 2.24) is 9.62 Å². The van der Waals surface area contributed by atoms with E-state index in [1.54, 1.807) is 23.9 Å². The van der Waals surface area contributed by atoms with Gasteiger partial charge in [-0.1, -0.05) is 62.4 Å². The maximum atomic E-state index is 14.0. The lowest BCUT2D eigenvalue weighted by Gasteiger charge is -2.27. The van der Waals surface area contributed by atoms with E-state index < -0.39 is 32.9 Å². The Morgan fingerprint density at radius 3 is 2.38 bits per heavy atom. The average molecular weight is 682 g/mol. The number of hydrogen-bond donors (Lipinski definition) is 1. The Balaban J connectivity index is 1.71. The lowest BCUT2D eigenvalue weighted by Crippen LogP contribution is -2.42. The molecule has 12 heteroatoms. The van der Waals surface area contributed by atoms with E-state index in [1.165, 1.54) is 42.1 Å². The third-order valence-corrected chi connectivity index (χ3v) is 11.2. The zero-order chi connectivity index (χ0) is 34.0. The highest BCUT2D eigenvalue weighted by Gasteiger charge is 2.28. The van der Waals surface area contributed by atoms with Gasteiger partial charge in [-0.15, -0.1) is 0 Å². The number of ether oxygens (including phenoxy) is 1. The SMILES string of the molecule is COC(=O)[C@H](CCSC)NC(=O)c1ccc(CN(CCC2CCCCC2)S(=O)(=O)c2ccc([N+](=O)[O-])cc2)cc1-c1ccccc1C. The normalized spacial score (nSPS) is 14.5. The van der Waals surface area contributed by atoms with Crippen molar-refractivity contribution in [3.05, 3.63) is 93.5 Å². The molecule has 10 nitrogen and oxygen atoms in total. The second-order valence-electron chi connectivity index (χ2n) is 11.9. The molecule has 1 saturated carbocycles. The van der Waals surface area contributed by atoms with Gasteiger partial charge in [-0.25, -0.2) is 13.2 Å². The van der Waals surface area contributed by atoms with E-state index in [1.807, 2.05) is 43.5 Å². The van der Waals surface area contributed by atoms with Crippen molar-refractivity contribution in [2.75, 3.05) is 25.7 Å². The highest BCUT2D eigenvalue weighted by molar-refractivity contribution is 7.98. The molecule has 0 aromatic heterocycles. The van der Waals surface area contributed by atoms with Crippen molar-refractivity contribution >= 4 is 39.3 Å². The van der Waals surface area contributed by atoms with E-state index in [2.05, 4.69) is 5.32 Å². The number of nitro benzene ring substituents is 1. The Bertz CT molecular complexity index is 1660. The van der Waals surface area contributed by atoms with Crippen molar-refractivity contribution in [3.63, 3.8) is 0 Å². The minimum atomic E-state index is -4.01. The summed E-state index contributed by atoms with van der Waals surface area (Å²) in [5.74, 6) is 0.134. The molecular formula is C35H43N3O7S2. The summed E-state index contributed by atoms with van der Waals surface area (Å²) in [4.78, 5) is 36.8. The minimum absolute atomic E-state index is 0.0130. The highest BCUT2D eigenvalue weighted by atomic mass is 32.2. The maximum Gasteiger partial charge on any atom is 0.328 e. The third-order valence-electron chi connectivity index (χ3n) is 8.72. The lowest BCUT2D eigenvalue weighted by molar-refractivity contribution is -0.384. The van der Waals surface area contributed by atoms with Crippen LogP contribution in [-0.4, -0.2) is 61.2 Å². The first-order valence-electron chi connectivity index (χ1n) is 15.9. The molecule has 252 valence electrons. The molecule has 3 aromatic rings. The van der Waals surface area contributed by atoms with Crippen molar-refractivity contribution in [2.24, 2.45) is 5.92 Å². The van der Waals surface area contributed by atoms with Gasteiger partial charge in [0.15, 0.2) is 0 Å². The van der Waals surface area contributed by atoms with E-state index in [0.717, 1.165) is 36.8 Å². The molecule has 3 aromatic carbocycles. The van der Waals surface area contributed by atoms with Crippen LogP contribution in [0.5, 0.6) is 0 Å². The lowest BCUT2D eigenvalue weighted by atomic mass is 9.87. The van der Waals surface area contributed by atoms with Crippen LogP contribution in [0.25, 0.3) is 11.1 Å². The molecule has 0 radical (unpaired) electrons. The van der Waals surface area contributed by atoms with Crippen LogP contribution in [0, 0.1) is 23.0 Å². The molecular weight excluding hydrogens is 639 g/mol. The summed E-state index contributed by atoms with van der Waals surface area (Å²) in [6, 6.07) is 17.0. The van der Waals surface area contributed by atoms with Gasteiger partial charge in [0.25, 0.3) is 11.6 Å². The van der Waals surface area contributed by atoms with Crippen LogP contribution in [0.1, 0.15) is 66.4 Å². The van der Waals surface area contributed by atoms with Crippen LogP contribution in [0.2, 0.25) is 0 Å². The summed E-state index contributed by atoms with van der Waals surface area (Å²) in [6.45, 7) is 2.28. The fraction of sp³-hybridized carbons (Fsp3) is 0.429. The van der Waals surface area contributed by atoms with E-state index in [4.69, 9.17) is 4.74 Å². The number of aryl methyl sites for hydroxylation is 1. The summed E-state index contributed by atoms with van der Waals surface area (Å²) >= 11 is 1.56. The number of methoxy groups -OCH3 is 1. The number of thioether (sulfide) groups is 1. The first-order chi connectivity index (χ1) is 22.5. The minimum Gasteiger partial charge on any atom is -0.467 e. The Hall–Kier alpha value is -3.74. The van der Waals surface area contributed by atoms with Crippen LogP contribution in [0.4, 0.5) is 5.69 Å². The Kier molecular flexibility index (Phi) is 13.0. The van der Waals surface area contributed by atoms with Crippen molar-refractivity contribution in [2.45, 2.75) is 69.4 Å². The zero-order valence-electron chi connectivity index (χ0n) is 27.1. The van der Waals surface area contributed by atoms with Crippen molar-refractivity contribution < 1.29 is 27.7 Å². The highest BCUT2D eigenvalue weighted by Crippen LogP contribution is 2.31. The molecule has 0 aliphatic heterocycles. The number of esters is 1. The Morgan fingerprint density at radius 1 is 1.04 bits per heavy atom. The van der Waals surface area contributed by atoms with Gasteiger partial charge >= 0.3 is 5.97 Å². The van der Waals surface area contributed by atoms with E-state index >= 15 is 0 Å². The number of hydrogen-bond acceptors (Lipinski definition) is 8. The van der Waals surface area contributed by atoms with Gasteiger partial charge < -0.3 is 10.1 Å². The quantitative estimate of drug-likeness (QED) is 0.106. The van der Waals surface area contributed by atoms with E-state index in [9.17, 15) is 28.1 Å². The first-order valence-corrected chi connectivity index (χ1v) is 18.7. The second-order valence-corrected chi connectivity index (χ2v) is 14.8. The Morgan fingerprint density at radius 2 is 1.74 bits per heavy atom. The van der Waals surface area contributed by atoms with Crippen LogP contribution in [0.15, 0.2) is 71.6 Å². The number of sulfonamides is 1. The predicted molar refractivity (Wildman–Crippen MR) is 185 cm³/mol. The number of rotatable bonds is 15. The van der Waals surface area contributed by atoms with Gasteiger partial charge in [0, 0.05) is 30.8 Å². The summed E-state index contributed by atoms with van der Waals surface area (Å²) in [7, 11) is -2.72. The van der Waals surface area contributed by atoms with Crippen molar-refractivity contribution in [1.29, 1.82) is 0 Å². The monoisotopic (exact) mass is 681 g/mol. The van der Waals surface area contributed by atoms with Gasteiger partial charge in [0.05, 0.1) is 16.9 Å². The van der Waals surface area contributed by atoms with E-state index in [0.29, 0.717) is 47.7 Å². The third kappa shape index (κ3) is 9.42. The van der Waals surface area contributed by atoms with Gasteiger partial charge in [-0.2, -0.15) is 16.1 Å². The summed E-state index contributed by atoms with van der Waals surface area (Å²) in [5.41, 5.74) is 3.21. The molecule has 1 aliphatic carbocycles. The van der Waals surface area contributed by atoms with Gasteiger partial charge in [0.1, 0.15) is 6.04 Å². The number of nitro groups is 1. The molecule has 1 atom stereocenters. The summed E-state index contributed by atoms with van der Waals surface area (Å²) in [5, 5.41) is 14.1. The van der Waals surface area contributed by atoms with Crippen LogP contribution in [-0.2, 0) is 26.1 Å². The number of nitrogens with one attached hydrogen (secondary N) is 1. The molecule has 0 unspecified atom stereocenters. The number of non-ortho nitro benzene ring substituents is 1. The fourth-order valence-electron chi connectivity index (χ4n) is 6.03. The predicted octanol–water partition coefficient (Wildman–Crippen LogP) is 6.76. The second kappa shape index (κ2) is 16.9. The van der Waals surface area contributed by atoms with Crippen LogP contribution in [0.3, 0.4) is 0 Å². The fourth-order valence-corrected chi connectivity index (χ4v) is 7.94. The molecule has 0 bridgehead atoms. The van der Waals surface area contributed by atoms with Crippen LogP contribution < -0.4 is 5.32 Å².